The van der Waals surface area contributed by atoms with E-state index in [2.05, 4.69) is 10.5 Å². The number of hydrazone groups is 1. The van der Waals surface area contributed by atoms with Crippen molar-refractivity contribution >= 4 is 28.6 Å². The molecule has 0 aromatic heterocycles. The zero-order chi connectivity index (χ0) is 36.4. The minimum absolute atomic E-state index is 0.0213. The third-order valence-electron chi connectivity index (χ3n) is 7.71. The number of ketones is 1. The maximum absolute atomic E-state index is 12.6. The van der Waals surface area contributed by atoms with E-state index >= 15 is 0 Å². The zero-order valence-corrected chi connectivity index (χ0v) is 28.9. The number of nitro benzene ring substituents is 2. The maximum Gasteiger partial charge on any atom is 0.301 e. The number of hydrogen-bond donors (Lipinski definition) is 1. The van der Waals surface area contributed by atoms with Gasteiger partial charge in [-0.05, 0) is 61.7 Å². The van der Waals surface area contributed by atoms with Crippen LogP contribution < -0.4 is 24.4 Å². The summed E-state index contributed by atoms with van der Waals surface area (Å²) >= 11 is 0. The first kappa shape index (κ1) is 38.5. The third kappa shape index (κ3) is 11.9. The van der Waals surface area contributed by atoms with Crippen LogP contribution in [0.3, 0.4) is 0 Å². The summed E-state index contributed by atoms with van der Waals surface area (Å²) < 4.78 is 35.4. The predicted octanol–water partition coefficient (Wildman–Crippen LogP) is 7.14. The van der Waals surface area contributed by atoms with Crippen molar-refractivity contribution in [1.29, 1.82) is 0 Å². The van der Waals surface area contributed by atoms with Gasteiger partial charge in [-0.1, -0.05) is 26.7 Å². The molecule has 0 saturated heterocycles. The number of nitrogens with zero attached hydrogens (tertiary/aromatic N) is 3. The summed E-state index contributed by atoms with van der Waals surface area (Å²) in [6.45, 7) is 6.07. The first-order chi connectivity index (χ1) is 24.8. The Bertz CT molecular complexity index is 1660. The Morgan fingerprint density at radius 3 is 1.75 bits per heavy atom. The summed E-state index contributed by atoms with van der Waals surface area (Å²) in [7, 11) is 0. The topological polar surface area (TPSA) is 183 Å². The standard InChI is InChI=1S/C36H44N4O11/c1-3-5-7-29(37-38-30-12-11-28(39(42)43)25-31(30)40(44)45)26-9-13-33-35(23-26)50-21-17-46-16-20-49-34-14-10-27(32(41)8-6-4-2)24-36(34)51-22-18-47-15-19-48-33/h9-14,23-25,38H,3-8,15-22H2,1-2H3. The van der Waals surface area contributed by atoms with Gasteiger partial charge in [0.1, 0.15) is 32.1 Å². The van der Waals surface area contributed by atoms with Gasteiger partial charge in [0.2, 0.25) is 0 Å². The van der Waals surface area contributed by atoms with Crippen molar-refractivity contribution in [3.05, 3.63) is 86.0 Å². The number of ether oxygens (including phenoxy) is 6. The molecule has 0 spiro atoms. The van der Waals surface area contributed by atoms with Crippen molar-refractivity contribution in [3.8, 4) is 23.0 Å². The van der Waals surface area contributed by atoms with Crippen molar-refractivity contribution in [2.45, 2.75) is 52.4 Å². The molecule has 0 unspecified atom stereocenters. The molecular formula is C36H44N4O11. The van der Waals surface area contributed by atoms with E-state index in [0.717, 1.165) is 31.7 Å². The molecule has 15 heteroatoms. The monoisotopic (exact) mass is 708 g/mol. The number of rotatable bonds is 12. The number of anilines is 1. The smallest absolute Gasteiger partial charge is 0.301 e. The lowest BCUT2D eigenvalue weighted by atomic mass is 10.0. The van der Waals surface area contributed by atoms with Crippen LogP contribution in [-0.2, 0) is 9.47 Å². The van der Waals surface area contributed by atoms with Crippen LogP contribution in [0.2, 0.25) is 0 Å². The van der Waals surface area contributed by atoms with Gasteiger partial charge in [0, 0.05) is 23.6 Å². The van der Waals surface area contributed by atoms with E-state index in [9.17, 15) is 25.0 Å². The Morgan fingerprint density at radius 1 is 0.667 bits per heavy atom. The quantitative estimate of drug-likeness (QED) is 0.0869. The summed E-state index contributed by atoms with van der Waals surface area (Å²) in [6, 6.07) is 13.9. The molecule has 0 radical (unpaired) electrons. The second-order valence-corrected chi connectivity index (χ2v) is 11.5. The molecule has 274 valence electrons. The number of hydrogen-bond acceptors (Lipinski definition) is 13. The van der Waals surface area contributed by atoms with Gasteiger partial charge in [-0.3, -0.25) is 30.4 Å². The van der Waals surface area contributed by atoms with Crippen molar-refractivity contribution in [2.24, 2.45) is 5.10 Å². The third-order valence-corrected chi connectivity index (χ3v) is 7.71. The summed E-state index contributed by atoms with van der Waals surface area (Å²) in [4.78, 5) is 34.0. The van der Waals surface area contributed by atoms with Gasteiger partial charge in [0.05, 0.1) is 48.1 Å². The molecular weight excluding hydrogens is 664 g/mol. The van der Waals surface area contributed by atoms with Gasteiger partial charge in [-0.25, -0.2) is 0 Å². The molecule has 1 heterocycles. The SMILES string of the molecule is CCCCC(=O)c1ccc2c(c1)OCCOCCOc1ccc(C(CCCC)=NNc3ccc([N+](=O)[O-])cc3[N+](=O)[O-])cc1OCCOCCO2. The molecule has 0 aliphatic carbocycles. The van der Waals surface area contributed by atoms with E-state index in [4.69, 9.17) is 28.4 Å². The molecule has 0 amide bonds. The van der Waals surface area contributed by atoms with Crippen LogP contribution in [0.5, 0.6) is 23.0 Å². The normalized spacial score (nSPS) is 14.5. The molecule has 0 fully saturated rings. The fraction of sp³-hybridized carbons (Fsp3) is 0.444. The van der Waals surface area contributed by atoms with Crippen molar-refractivity contribution in [1.82, 2.24) is 0 Å². The number of nitrogens with one attached hydrogen (secondary N) is 1. The summed E-state index contributed by atoms with van der Waals surface area (Å²) in [5, 5.41) is 27.3. The molecule has 1 N–H and O–H groups in total. The average molecular weight is 709 g/mol. The lowest BCUT2D eigenvalue weighted by molar-refractivity contribution is -0.393. The molecule has 1 aliphatic rings. The van der Waals surface area contributed by atoms with E-state index in [1.165, 1.54) is 12.1 Å². The Kier molecular flexibility index (Phi) is 15.4. The summed E-state index contributed by atoms with van der Waals surface area (Å²) in [5.74, 6) is 1.95. The predicted molar refractivity (Wildman–Crippen MR) is 190 cm³/mol. The number of carbonyl (C=O) groups is 1. The van der Waals surface area contributed by atoms with Crippen molar-refractivity contribution in [2.75, 3.05) is 58.3 Å². The van der Waals surface area contributed by atoms with Gasteiger partial charge in [0.15, 0.2) is 28.8 Å². The van der Waals surface area contributed by atoms with Crippen LogP contribution in [0.25, 0.3) is 0 Å². The number of non-ortho nitro benzene ring substituents is 1. The van der Waals surface area contributed by atoms with Gasteiger partial charge >= 0.3 is 5.69 Å². The minimum atomic E-state index is -0.696. The van der Waals surface area contributed by atoms with Crippen molar-refractivity contribution < 1.29 is 43.1 Å². The highest BCUT2D eigenvalue weighted by atomic mass is 16.6. The van der Waals surface area contributed by atoms with Gasteiger partial charge in [-0.2, -0.15) is 5.10 Å². The lowest BCUT2D eigenvalue weighted by Crippen LogP contribution is -2.16. The Labute approximate surface area is 296 Å². The fourth-order valence-corrected chi connectivity index (χ4v) is 4.98. The number of nitro groups is 2. The number of carbonyl (C=O) groups excluding carboxylic acids is 1. The van der Waals surface area contributed by atoms with E-state index in [-0.39, 0.29) is 64.3 Å². The highest BCUT2D eigenvalue weighted by Gasteiger charge is 2.20. The number of Topliss-reactive ketones (excluding diaryl/α,β-unsaturated/α-hetero) is 1. The number of benzene rings is 3. The molecule has 0 atom stereocenters. The fourth-order valence-electron chi connectivity index (χ4n) is 4.98. The first-order valence-electron chi connectivity index (χ1n) is 17.0. The highest BCUT2D eigenvalue weighted by molar-refractivity contribution is 6.01. The highest BCUT2D eigenvalue weighted by Crippen LogP contribution is 2.32. The number of unbranched alkanes of at least 4 members (excludes halogenated alkanes) is 2. The Morgan fingerprint density at radius 2 is 1.20 bits per heavy atom. The molecule has 3 aromatic carbocycles. The average Bonchev–Trinajstić information content (AvgIpc) is 3.13. The van der Waals surface area contributed by atoms with Crippen molar-refractivity contribution in [3.63, 3.8) is 0 Å². The number of fused-ring (bicyclic) bond motifs is 2. The van der Waals surface area contributed by atoms with Crippen LogP contribution >= 0.6 is 0 Å². The molecule has 51 heavy (non-hydrogen) atoms. The second-order valence-electron chi connectivity index (χ2n) is 11.5. The molecule has 3 aromatic rings. The Hall–Kier alpha value is -5.28. The van der Waals surface area contributed by atoms with Crippen LogP contribution in [0.1, 0.15) is 68.3 Å². The van der Waals surface area contributed by atoms with E-state index in [0.29, 0.717) is 52.7 Å². The minimum Gasteiger partial charge on any atom is -0.487 e. The molecule has 15 nitrogen and oxygen atoms in total. The summed E-state index contributed by atoms with van der Waals surface area (Å²) in [5.41, 5.74) is 3.77. The molecule has 0 bridgehead atoms. The largest absolute Gasteiger partial charge is 0.487 e. The Balaban J connectivity index is 1.46. The molecule has 4 rings (SSSR count). The molecule has 1 aliphatic heterocycles. The summed E-state index contributed by atoms with van der Waals surface area (Å²) in [6.07, 6.45) is 4.44. The van der Waals surface area contributed by atoms with Gasteiger partial charge in [-0.15, -0.1) is 0 Å². The first-order valence-corrected chi connectivity index (χ1v) is 17.0. The van der Waals surface area contributed by atoms with Crippen LogP contribution in [-0.4, -0.2) is 74.2 Å². The van der Waals surface area contributed by atoms with Crippen LogP contribution in [0, 0.1) is 20.2 Å². The van der Waals surface area contributed by atoms with Crippen LogP contribution in [0.15, 0.2) is 59.7 Å². The van der Waals surface area contributed by atoms with Crippen LogP contribution in [0.4, 0.5) is 17.1 Å². The van der Waals surface area contributed by atoms with Gasteiger partial charge in [0.25, 0.3) is 5.69 Å². The van der Waals surface area contributed by atoms with E-state index < -0.39 is 21.2 Å². The van der Waals surface area contributed by atoms with E-state index in [1.54, 1.807) is 30.3 Å². The second kappa shape index (κ2) is 20.4. The zero-order valence-electron chi connectivity index (χ0n) is 28.9. The molecule has 0 saturated carbocycles. The van der Waals surface area contributed by atoms with Gasteiger partial charge < -0.3 is 28.4 Å². The van der Waals surface area contributed by atoms with E-state index in [1.807, 2.05) is 19.9 Å². The lowest BCUT2D eigenvalue weighted by Gasteiger charge is -2.17. The maximum atomic E-state index is 12.6.